The summed E-state index contributed by atoms with van der Waals surface area (Å²) in [4.78, 5) is 27.7. The first-order valence-corrected chi connectivity index (χ1v) is 9.27. The van der Waals surface area contributed by atoms with Crippen molar-refractivity contribution >= 4 is 50.8 Å². The molecular formula is C19H16BrNO2S. The van der Waals surface area contributed by atoms with Crippen molar-refractivity contribution in [2.24, 2.45) is 0 Å². The van der Waals surface area contributed by atoms with Crippen molar-refractivity contribution < 1.29 is 9.59 Å². The van der Waals surface area contributed by atoms with Gasteiger partial charge in [-0.2, -0.15) is 0 Å². The lowest BCUT2D eigenvalue weighted by atomic mass is 10.1. The van der Waals surface area contributed by atoms with Crippen LogP contribution in [0.2, 0.25) is 0 Å². The monoisotopic (exact) mass is 401 g/mol. The third-order valence-electron chi connectivity index (χ3n) is 3.54. The maximum absolute atomic E-state index is 13.0. The summed E-state index contributed by atoms with van der Waals surface area (Å²) < 4.78 is 0.901. The van der Waals surface area contributed by atoms with Crippen LogP contribution in [0.15, 0.2) is 64.0 Å². The van der Waals surface area contributed by atoms with E-state index in [1.54, 1.807) is 12.1 Å². The molecule has 2 amide bonds. The van der Waals surface area contributed by atoms with Gasteiger partial charge in [0, 0.05) is 9.72 Å². The van der Waals surface area contributed by atoms with Crippen molar-refractivity contribution in [1.29, 1.82) is 0 Å². The number of carbonyl (C=O) groups excluding carboxylic acids is 2. The average molecular weight is 402 g/mol. The molecule has 0 spiro atoms. The quantitative estimate of drug-likeness (QED) is 0.685. The van der Waals surface area contributed by atoms with E-state index in [2.05, 4.69) is 15.9 Å². The van der Waals surface area contributed by atoms with Crippen LogP contribution in [0.25, 0.3) is 5.57 Å². The molecule has 2 aromatic carbocycles. The van der Waals surface area contributed by atoms with Crippen molar-refractivity contribution in [2.45, 2.75) is 19.1 Å². The van der Waals surface area contributed by atoms with Crippen LogP contribution in [0.1, 0.15) is 19.4 Å². The molecule has 1 heterocycles. The summed E-state index contributed by atoms with van der Waals surface area (Å²) in [7, 11) is 0. The fourth-order valence-electron chi connectivity index (χ4n) is 2.54. The molecule has 0 atom stereocenters. The standard InChI is InChI=1S/C19H16BrNO2S/c1-12(2)24-17-16(13-6-4-3-5-7-13)18(22)21(19(17)23)15-10-8-14(20)9-11-15/h3-12H,1-2H3. The molecule has 0 saturated heterocycles. The Morgan fingerprint density at radius 3 is 2.12 bits per heavy atom. The number of thioether (sulfide) groups is 1. The minimum Gasteiger partial charge on any atom is -0.268 e. The number of anilines is 1. The third-order valence-corrected chi connectivity index (χ3v) is 5.16. The van der Waals surface area contributed by atoms with Gasteiger partial charge in [0.05, 0.1) is 16.2 Å². The summed E-state index contributed by atoms with van der Waals surface area (Å²) in [6.45, 7) is 4.03. The van der Waals surface area contributed by atoms with Gasteiger partial charge in [-0.15, -0.1) is 11.8 Å². The molecule has 24 heavy (non-hydrogen) atoms. The van der Waals surface area contributed by atoms with Crippen LogP contribution in [0, 0.1) is 0 Å². The number of carbonyl (C=O) groups is 2. The Hall–Kier alpha value is -1.85. The number of halogens is 1. The number of rotatable bonds is 4. The lowest BCUT2D eigenvalue weighted by Gasteiger charge is -2.15. The van der Waals surface area contributed by atoms with Crippen LogP contribution in [0.5, 0.6) is 0 Å². The summed E-state index contributed by atoms with van der Waals surface area (Å²) in [6.07, 6.45) is 0. The fourth-order valence-corrected chi connectivity index (χ4v) is 3.79. The Morgan fingerprint density at radius 2 is 1.54 bits per heavy atom. The van der Waals surface area contributed by atoms with Crippen LogP contribution >= 0.6 is 27.7 Å². The first-order chi connectivity index (χ1) is 11.5. The van der Waals surface area contributed by atoms with Gasteiger partial charge in [0.2, 0.25) is 0 Å². The predicted molar refractivity (Wildman–Crippen MR) is 103 cm³/mol. The third kappa shape index (κ3) is 3.19. The molecule has 0 N–H and O–H groups in total. The summed E-state index contributed by atoms with van der Waals surface area (Å²) >= 11 is 4.81. The van der Waals surface area contributed by atoms with Crippen molar-refractivity contribution in [3.8, 4) is 0 Å². The molecule has 3 nitrogen and oxygen atoms in total. The maximum atomic E-state index is 13.0. The Bertz CT molecular complexity index is 813. The Morgan fingerprint density at radius 1 is 0.917 bits per heavy atom. The van der Waals surface area contributed by atoms with Crippen LogP contribution in [0.3, 0.4) is 0 Å². The molecule has 122 valence electrons. The first-order valence-electron chi connectivity index (χ1n) is 7.59. The molecule has 0 unspecified atom stereocenters. The molecule has 1 aliphatic rings. The smallest absolute Gasteiger partial charge is 0.268 e. The Kier molecular flexibility index (Phi) is 4.92. The van der Waals surface area contributed by atoms with Crippen LogP contribution in [0.4, 0.5) is 5.69 Å². The molecule has 5 heteroatoms. The van der Waals surface area contributed by atoms with Gasteiger partial charge in [0.15, 0.2) is 0 Å². The van der Waals surface area contributed by atoms with E-state index >= 15 is 0 Å². The summed E-state index contributed by atoms with van der Waals surface area (Å²) in [5, 5.41) is 0.209. The first kappa shape index (κ1) is 17.0. The van der Waals surface area contributed by atoms with Gasteiger partial charge < -0.3 is 0 Å². The van der Waals surface area contributed by atoms with Gasteiger partial charge in [0.25, 0.3) is 11.8 Å². The molecule has 0 aliphatic carbocycles. The second kappa shape index (κ2) is 6.95. The molecule has 1 aliphatic heterocycles. The highest BCUT2D eigenvalue weighted by molar-refractivity contribution is 9.10. The van der Waals surface area contributed by atoms with Gasteiger partial charge >= 0.3 is 0 Å². The lowest BCUT2D eigenvalue weighted by Crippen LogP contribution is -2.31. The van der Waals surface area contributed by atoms with Gasteiger partial charge in [-0.25, -0.2) is 4.90 Å². The predicted octanol–water partition coefficient (Wildman–Crippen LogP) is 4.88. The number of hydrogen-bond acceptors (Lipinski definition) is 3. The number of benzene rings is 2. The van der Waals surface area contributed by atoms with E-state index in [4.69, 9.17) is 0 Å². The summed E-state index contributed by atoms with van der Waals surface area (Å²) in [6, 6.07) is 16.6. The van der Waals surface area contributed by atoms with Crippen molar-refractivity contribution in [2.75, 3.05) is 4.90 Å². The topological polar surface area (TPSA) is 37.4 Å². The minimum absolute atomic E-state index is 0.209. The van der Waals surface area contributed by atoms with Gasteiger partial charge in [-0.1, -0.05) is 60.1 Å². The van der Waals surface area contributed by atoms with E-state index in [9.17, 15) is 9.59 Å². The van der Waals surface area contributed by atoms with Crippen molar-refractivity contribution in [3.05, 3.63) is 69.5 Å². The summed E-state index contributed by atoms with van der Waals surface area (Å²) in [5.74, 6) is -0.517. The average Bonchev–Trinajstić information content (AvgIpc) is 2.79. The zero-order valence-corrected chi connectivity index (χ0v) is 15.7. The van der Waals surface area contributed by atoms with E-state index in [1.165, 1.54) is 16.7 Å². The zero-order chi connectivity index (χ0) is 17.3. The molecule has 3 rings (SSSR count). The molecule has 0 bridgehead atoms. The molecule has 0 fully saturated rings. The van der Waals surface area contributed by atoms with E-state index < -0.39 is 0 Å². The molecule has 0 radical (unpaired) electrons. The van der Waals surface area contributed by atoms with Crippen LogP contribution < -0.4 is 4.90 Å². The summed E-state index contributed by atoms with van der Waals surface area (Å²) in [5.41, 5.74) is 1.85. The lowest BCUT2D eigenvalue weighted by molar-refractivity contribution is -0.119. The highest BCUT2D eigenvalue weighted by atomic mass is 79.9. The SMILES string of the molecule is CC(C)SC1=C(c2ccccc2)C(=O)N(c2ccc(Br)cc2)C1=O. The molecule has 0 aromatic heterocycles. The normalized spacial score (nSPS) is 14.9. The van der Waals surface area contributed by atoms with Crippen LogP contribution in [-0.2, 0) is 9.59 Å². The van der Waals surface area contributed by atoms with Gasteiger partial charge in [-0.3, -0.25) is 9.59 Å². The number of amides is 2. The van der Waals surface area contributed by atoms with Gasteiger partial charge in [0.1, 0.15) is 0 Å². The van der Waals surface area contributed by atoms with E-state index in [0.717, 1.165) is 10.0 Å². The molecule has 2 aromatic rings. The fraction of sp³-hybridized carbons (Fsp3) is 0.158. The zero-order valence-electron chi connectivity index (χ0n) is 13.3. The number of hydrogen-bond donors (Lipinski definition) is 0. The highest BCUT2D eigenvalue weighted by Crippen LogP contribution is 2.39. The number of nitrogens with zero attached hydrogens (tertiary/aromatic N) is 1. The molecule has 0 saturated carbocycles. The van der Waals surface area contributed by atoms with Crippen LogP contribution in [-0.4, -0.2) is 17.1 Å². The Labute approximate surface area is 153 Å². The second-order valence-corrected chi connectivity index (χ2v) is 8.16. The Balaban J connectivity index is 2.09. The van der Waals surface area contributed by atoms with Gasteiger partial charge in [-0.05, 0) is 29.8 Å². The van der Waals surface area contributed by atoms with E-state index in [-0.39, 0.29) is 17.1 Å². The minimum atomic E-state index is -0.267. The maximum Gasteiger partial charge on any atom is 0.272 e. The van der Waals surface area contributed by atoms with E-state index in [0.29, 0.717) is 16.2 Å². The number of imide groups is 1. The van der Waals surface area contributed by atoms with Crippen molar-refractivity contribution in [1.82, 2.24) is 0 Å². The van der Waals surface area contributed by atoms with Crippen molar-refractivity contribution in [3.63, 3.8) is 0 Å². The second-order valence-electron chi connectivity index (χ2n) is 5.66. The highest BCUT2D eigenvalue weighted by Gasteiger charge is 2.40. The van der Waals surface area contributed by atoms with E-state index in [1.807, 2.05) is 56.3 Å². The largest absolute Gasteiger partial charge is 0.272 e. The molecular weight excluding hydrogens is 386 g/mol.